The maximum absolute atomic E-state index is 6.66. The lowest BCUT2D eigenvalue weighted by molar-refractivity contribution is 0.566. The molecule has 53 heavy (non-hydrogen) atoms. The van der Waals surface area contributed by atoms with Gasteiger partial charge in [-0.15, -0.1) is 0 Å². The minimum atomic E-state index is 0.873. The van der Waals surface area contributed by atoms with E-state index in [-0.39, 0.29) is 0 Å². The Bertz CT molecular complexity index is 3140. The van der Waals surface area contributed by atoms with Crippen molar-refractivity contribution in [2.45, 2.75) is 13.8 Å². The number of rotatable bonds is 4. The normalized spacial score (nSPS) is 12.0. The number of hydrogen-bond donors (Lipinski definition) is 0. The van der Waals surface area contributed by atoms with Crippen LogP contribution in [0.3, 0.4) is 0 Å². The minimum Gasteiger partial charge on any atom is -0.472 e. The van der Waals surface area contributed by atoms with Gasteiger partial charge in [0.25, 0.3) is 0 Å². The van der Waals surface area contributed by atoms with E-state index in [0.29, 0.717) is 0 Å². The standard InChI is InChI=1S/C50H32O3/c1-29-25-51-27-43(29)49-38-15-7-3-11-34(38)47(35-12-4-8-16-39(35)49)31-20-22-45-42(23-31)33-21-19-32(24-46(33)53-45)48-36-13-5-9-17-40(36)50(44-28-52-26-30(44)2)41-18-10-6-14-37(41)48/h3-28H,1-2H3. The first-order valence-corrected chi connectivity index (χ1v) is 18.0. The second-order valence-corrected chi connectivity index (χ2v) is 14.1. The van der Waals surface area contributed by atoms with E-state index in [9.17, 15) is 0 Å². The molecule has 0 spiro atoms. The molecule has 8 aromatic carbocycles. The SMILES string of the molecule is Cc1cocc1-c1c2ccccc2c(-c2ccc3c(c2)oc2ccc(-c4c5ccccc5c(-c5cocc5C)c5ccccc45)cc23)c2ccccc12. The first-order valence-electron chi connectivity index (χ1n) is 18.0. The van der Waals surface area contributed by atoms with Crippen molar-refractivity contribution in [2.75, 3.05) is 0 Å². The molecule has 11 rings (SSSR count). The van der Waals surface area contributed by atoms with Gasteiger partial charge < -0.3 is 13.3 Å². The summed E-state index contributed by atoms with van der Waals surface area (Å²) in [6.07, 6.45) is 7.41. The van der Waals surface area contributed by atoms with E-state index in [2.05, 4.69) is 147 Å². The second-order valence-electron chi connectivity index (χ2n) is 14.1. The Morgan fingerprint density at radius 1 is 0.321 bits per heavy atom. The van der Waals surface area contributed by atoms with Crippen molar-refractivity contribution in [2.24, 2.45) is 0 Å². The van der Waals surface area contributed by atoms with E-state index < -0.39 is 0 Å². The first kappa shape index (κ1) is 29.8. The van der Waals surface area contributed by atoms with E-state index in [1.807, 2.05) is 25.1 Å². The summed E-state index contributed by atoms with van der Waals surface area (Å²) in [7, 11) is 0. The summed E-state index contributed by atoms with van der Waals surface area (Å²) in [4.78, 5) is 0. The van der Waals surface area contributed by atoms with E-state index >= 15 is 0 Å². The van der Waals surface area contributed by atoms with Gasteiger partial charge in [0.15, 0.2) is 0 Å². The van der Waals surface area contributed by atoms with Crippen LogP contribution in [-0.4, -0.2) is 0 Å². The quantitative estimate of drug-likeness (QED) is 0.174. The molecule has 0 fully saturated rings. The van der Waals surface area contributed by atoms with Gasteiger partial charge in [-0.05, 0) is 115 Å². The topological polar surface area (TPSA) is 39.4 Å². The minimum absolute atomic E-state index is 0.873. The van der Waals surface area contributed by atoms with Gasteiger partial charge in [0.05, 0.1) is 25.1 Å². The van der Waals surface area contributed by atoms with Gasteiger partial charge in [0, 0.05) is 33.0 Å². The molecule has 0 aliphatic heterocycles. The van der Waals surface area contributed by atoms with Gasteiger partial charge in [-0.1, -0.05) is 109 Å². The molecule has 250 valence electrons. The van der Waals surface area contributed by atoms with Crippen molar-refractivity contribution in [3.05, 3.63) is 170 Å². The Labute approximate surface area is 305 Å². The molecule has 0 saturated carbocycles. The summed E-state index contributed by atoms with van der Waals surface area (Å²) in [6.45, 7) is 4.22. The molecule has 0 aliphatic carbocycles. The predicted molar refractivity (Wildman–Crippen MR) is 219 cm³/mol. The average molecular weight is 681 g/mol. The summed E-state index contributed by atoms with van der Waals surface area (Å²) in [6, 6.07) is 48.3. The molecular weight excluding hydrogens is 649 g/mol. The zero-order valence-electron chi connectivity index (χ0n) is 29.2. The molecule has 3 aromatic heterocycles. The third kappa shape index (κ3) is 4.34. The van der Waals surface area contributed by atoms with Gasteiger partial charge >= 0.3 is 0 Å². The lowest BCUT2D eigenvalue weighted by atomic mass is 9.85. The van der Waals surface area contributed by atoms with Crippen molar-refractivity contribution in [3.8, 4) is 44.5 Å². The Morgan fingerprint density at radius 2 is 0.717 bits per heavy atom. The maximum atomic E-state index is 6.66. The lowest BCUT2D eigenvalue weighted by Gasteiger charge is -2.17. The summed E-state index contributed by atoms with van der Waals surface area (Å²) >= 11 is 0. The molecule has 3 heterocycles. The molecule has 0 unspecified atom stereocenters. The maximum Gasteiger partial charge on any atom is 0.136 e. The highest BCUT2D eigenvalue weighted by Crippen LogP contribution is 2.47. The molecule has 3 nitrogen and oxygen atoms in total. The highest BCUT2D eigenvalue weighted by Gasteiger charge is 2.21. The highest BCUT2D eigenvalue weighted by molar-refractivity contribution is 6.24. The number of benzene rings is 8. The summed E-state index contributed by atoms with van der Waals surface area (Å²) in [5, 5.41) is 11.9. The molecule has 3 heteroatoms. The van der Waals surface area contributed by atoms with Crippen LogP contribution in [-0.2, 0) is 0 Å². The third-order valence-electron chi connectivity index (χ3n) is 11.2. The van der Waals surface area contributed by atoms with Crippen LogP contribution < -0.4 is 0 Å². The van der Waals surface area contributed by atoms with Crippen LogP contribution in [0.25, 0.3) is 110 Å². The molecule has 0 atom stereocenters. The Hall–Kier alpha value is -6.84. The van der Waals surface area contributed by atoms with Crippen molar-refractivity contribution < 1.29 is 13.3 Å². The second kappa shape index (κ2) is 11.3. The number of aryl methyl sites for hydroxylation is 2. The lowest BCUT2D eigenvalue weighted by Crippen LogP contribution is -1.91. The fourth-order valence-corrected chi connectivity index (χ4v) is 8.78. The molecular formula is C50H32O3. The fraction of sp³-hybridized carbons (Fsp3) is 0.0400. The Kier molecular flexibility index (Phi) is 6.38. The summed E-state index contributed by atoms with van der Waals surface area (Å²) < 4.78 is 18.0. The van der Waals surface area contributed by atoms with Crippen molar-refractivity contribution in [1.82, 2.24) is 0 Å². The van der Waals surface area contributed by atoms with Crippen molar-refractivity contribution >= 4 is 65.0 Å². The van der Waals surface area contributed by atoms with Crippen LogP contribution in [0.1, 0.15) is 11.1 Å². The van der Waals surface area contributed by atoms with Crippen LogP contribution in [0, 0.1) is 13.8 Å². The average Bonchev–Trinajstić information content (AvgIpc) is 3.93. The van der Waals surface area contributed by atoms with Crippen LogP contribution in [0.15, 0.2) is 172 Å². The van der Waals surface area contributed by atoms with E-state index in [1.54, 1.807) is 0 Å². The first-order chi connectivity index (χ1) is 26.1. The molecule has 0 radical (unpaired) electrons. The third-order valence-corrected chi connectivity index (χ3v) is 11.2. The van der Waals surface area contributed by atoms with Gasteiger partial charge in [0.2, 0.25) is 0 Å². The van der Waals surface area contributed by atoms with E-state index in [0.717, 1.165) is 55.3 Å². The largest absolute Gasteiger partial charge is 0.472 e. The van der Waals surface area contributed by atoms with E-state index in [4.69, 9.17) is 13.3 Å². The molecule has 0 saturated heterocycles. The van der Waals surface area contributed by atoms with Gasteiger partial charge in [-0.25, -0.2) is 0 Å². The van der Waals surface area contributed by atoms with Crippen LogP contribution in [0.5, 0.6) is 0 Å². The zero-order chi connectivity index (χ0) is 35.2. The molecule has 0 N–H and O–H groups in total. The van der Waals surface area contributed by atoms with Crippen molar-refractivity contribution in [1.29, 1.82) is 0 Å². The monoisotopic (exact) mass is 680 g/mol. The van der Waals surface area contributed by atoms with Gasteiger partial charge in [0.1, 0.15) is 11.2 Å². The highest BCUT2D eigenvalue weighted by atomic mass is 16.3. The summed E-state index contributed by atoms with van der Waals surface area (Å²) in [5.74, 6) is 0. The molecule has 0 bridgehead atoms. The van der Waals surface area contributed by atoms with Gasteiger partial charge in [-0.3, -0.25) is 0 Å². The molecule has 11 aromatic rings. The van der Waals surface area contributed by atoms with Crippen LogP contribution >= 0.6 is 0 Å². The zero-order valence-corrected chi connectivity index (χ0v) is 29.2. The summed E-state index contributed by atoms with van der Waals surface area (Å²) in [5.41, 5.74) is 13.4. The molecule has 0 aliphatic rings. The van der Waals surface area contributed by atoms with Gasteiger partial charge in [-0.2, -0.15) is 0 Å². The van der Waals surface area contributed by atoms with E-state index in [1.165, 1.54) is 65.3 Å². The smallest absolute Gasteiger partial charge is 0.136 e. The Balaban J connectivity index is 1.13. The number of hydrogen-bond acceptors (Lipinski definition) is 3. The van der Waals surface area contributed by atoms with Crippen molar-refractivity contribution in [3.63, 3.8) is 0 Å². The number of furan rings is 3. The predicted octanol–water partition coefficient (Wildman–Crippen LogP) is 14.7. The number of fused-ring (bicyclic) bond motifs is 7. The van der Waals surface area contributed by atoms with Crippen LogP contribution in [0.2, 0.25) is 0 Å². The van der Waals surface area contributed by atoms with Crippen LogP contribution in [0.4, 0.5) is 0 Å². The molecule has 0 amide bonds. The Morgan fingerprint density at radius 3 is 1.13 bits per heavy atom. The fourth-order valence-electron chi connectivity index (χ4n) is 8.78.